The third-order valence-corrected chi connectivity index (χ3v) is 14.7. The van der Waals surface area contributed by atoms with E-state index in [1.165, 1.54) is 28.4 Å². The number of hydrogen-bond acceptors (Lipinski definition) is 14. The van der Waals surface area contributed by atoms with E-state index in [4.69, 9.17) is 32.2 Å². The molecule has 4 rings (SSSR count). The van der Waals surface area contributed by atoms with Crippen LogP contribution in [0, 0.1) is 39.4 Å². The van der Waals surface area contributed by atoms with Gasteiger partial charge in [0.15, 0.2) is 0 Å². The molecule has 63 heavy (non-hydrogen) atoms. The number of rotatable bonds is 23. The normalized spacial score (nSPS) is 14.6. The number of aliphatic hydroxyl groups is 1. The van der Waals surface area contributed by atoms with E-state index in [2.05, 4.69) is 0 Å². The first-order valence-corrected chi connectivity index (χ1v) is 22.8. The topological polar surface area (TPSA) is 201 Å². The number of methoxy groups -OCH3 is 1. The van der Waals surface area contributed by atoms with Gasteiger partial charge in [-0.2, -0.15) is 10.5 Å². The zero-order chi connectivity index (χ0) is 46.4. The lowest BCUT2D eigenvalue weighted by Crippen LogP contribution is -2.43. The standard InChI is InChI=1S/C48H58N2O12Si/c1-9-47(3,45(54)56-5)31-48(4,46(55)61-22-12-24-63(57-6,58-7)59-8)27-36(25-32(2)43(52)60-23-21-51)34-17-15-33(16-18-34)30-62-44(53)35-19-20-39-38-13-10-11-14-40(38)42(41(39)26-35)37(28-49)29-50/h10-11,13-20,26,32,36,51H,9,12,21-25,27,30-31H2,1-8H3. The molecule has 1 aliphatic rings. The van der Waals surface area contributed by atoms with E-state index < -0.39 is 55.3 Å². The van der Waals surface area contributed by atoms with Gasteiger partial charge in [0.25, 0.3) is 0 Å². The zero-order valence-electron chi connectivity index (χ0n) is 37.4. The lowest BCUT2D eigenvalue weighted by Gasteiger charge is -2.38. The summed E-state index contributed by atoms with van der Waals surface area (Å²) in [5.41, 5.74) is 2.82. The first-order valence-electron chi connectivity index (χ1n) is 20.9. The van der Waals surface area contributed by atoms with E-state index in [0.717, 1.165) is 22.3 Å². The summed E-state index contributed by atoms with van der Waals surface area (Å²) in [4.78, 5) is 54.0. The van der Waals surface area contributed by atoms with Crippen molar-refractivity contribution in [1.82, 2.24) is 0 Å². The van der Waals surface area contributed by atoms with Crippen LogP contribution in [0.4, 0.5) is 0 Å². The largest absolute Gasteiger partial charge is 0.500 e. The summed E-state index contributed by atoms with van der Waals surface area (Å²) in [5.74, 6) is -3.17. The lowest BCUT2D eigenvalue weighted by molar-refractivity contribution is -0.163. The van der Waals surface area contributed by atoms with Gasteiger partial charge in [0.05, 0.1) is 42.6 Å². The van der Waals surface area contributed by atoms with Crippen LogP contribution in [0.15, 0.2) is 72.3 Å². The highest BCUT2D eigenvalue weighted by Crippen LogP contribution is 2.47. The number of hydrogen-bond donors (Lipinski definition) is 1. The fraction of sp³-hybridized carbons (Fsp3) is 0.458. The van der Waals surface area contributed by atoms with Gasteiger partial charge in [0.2, 0.25) is 0 Å². The molecule has 0 saturated carbocycles. The first-order chi connectivity index (χ1) is 30.1. The van der Waals surface area contributed by atoms with Gasteiger partial charge in [0.1, 0.15) is 30.9 Å². The van der Waals surface area contributed by atoms with E-state index in [0.29, 0.717) is 35.6 Å². The fourth-order valence-electron chi connectivity index (χ4n) is 8.27. The molecule has 4 atom stereocenters. The highest BCUT2D eigenvalue weighted by molar-refractivity contribution is 6.60. The molecule has 0 bridgehead atoms. The number of benzene rings is 3. The number of nitriles is 2. The summed E-state index contributed by atoms with van der Waals surface area (Å²) in [6.45, 7) is 6.57. The Labute approximate surface area is 371 Å². The average molecular weight is 883 g/mol. The van der Waals surface area contributed by atoms with Crippen molar-refractivity contribution in [3.8, 4) is 23.3 Å². The van der Waals surface area contributed by atoms with Crippen LogP contribution in [0.5, 0.6) is 0 Å². The number of carbonyl (C=O) groups excluding carboxylic acids is 4. The summed E-state index contributed by atoms with van der Waals surface area (Å²) in [6, 6.07) is 24.2. The third-order valence-electron chi connectivity index (χ3n) is 11.9. The van der Waals surface area contributed by atoms with Crippen LogP contribution in [-0.4, -0.2) is 86.0 Å². The first kappa shape index (κ1) is 50.0. The van der Waals surface area contributed by atoms with Crippen molar-refractivity contribution in [2.75, 3.05) is 48.3 Å². The molecule has 0 aliphatic heterocycles. The predicted molar refractivity (Wildman–Crippen MR) is 234 cm³/mol. The number of nitrogens with zero attached hydrogens (tertiary/aromatic N) is 2. The van der Waals surface area contributed by atoms with Crippen LogP contribution < -0.4 is 0 Å². The number of ether oxygens (including phenoxy) is 4. The Bertz CT molecular complexity index is 2200. The molecule has 3 aromatic carbocycles. The van der Waals surface area contributed by atoms with Gasteiger partial charge in [-0.3, -0.25) is 14.4 Å². The molecule has 0 heterocycles. The van der Waals surface area contributed by atoms with Crippen molar-refractivity contribution >= 4 is 38.3 Å². The monoisotopic (exact) mass is 882 g/mol. The molecule has 1 N–H and O–H groups in total. The van der Waals surface area contributed by atoms with Crippen LogP contribution in [-0.2, 0) is 53.2 Å². The molecular formula is C48H58N2O12Si. The second-order valence-corrected chi connectivity index (χ2v) is 19.3. The molecule has 3 aromatic rings. The van der Waals surface area contributed by atoms with Crippen LogP contribution in [0.25, 0.3) is 16.7 Å². The smallest absolute Gasteiger partial charge is 0.469 e. The van der Waals surface area contributed by atoms with Crippen molar-refractivity contribution in [1.29, 1.82) is 10.5 Å². The maximum atomic E-state index is 14.3. The number of allylic oxidation sites excluding steroid dienone is 1. The highest BCUT2D eigenvalue weighted by Gasteiger charge is 2.47. The molecule has 4 unspecified atom stereocenters. The van der Waals surface area contributed by atoms with Gasteiger partial charge in [-0.1, -0.05) is 68.4 Å². The number of carbonyl (C=O) groups is 4. The highest BCUT2D eigenvalue weighted by atomic mass is 28.4. The van der Waals surface area contributed by atoms with Crippen molar-refractivity contribution in [2.45, 2.75) is 78.4 Å². The fourth-order valence-corrected chi connectivity index (χ4v) is 9.96. The quantitative estimate of drug-likeness (QED) is 0.0250. The maximum absolute atomic E-state index is 14.3. The van der Waals surface area contributed by atoms with Crippen molar-refractivity contribution in [3.63, 3.8) is 0 Å². The van der Waals surface area contributed by atoms with Crippen molar-refractivity contribution < 1.29 is 56.5 Å². The molecule has 0 saturated heterocycles. The van der Waals surface area contributed by atoms with Crippen LogP contribution in [0.1, 0.15) is 98.3 Å². The summed E-state index contributed by atoms with van der Waals surface area (Å²) in [6.07, 6.45) is 1.30. The minimum atomic E-state index is -2.93. The number of esters is 4. The molecule has 0 amide bonds. The van der Waals surface area contributed by atoms with E-state index in [1.54, 1.807) is 51.1 Å². The molecule has 0 fully saturated rings. The summed E-state index contributed by atoms with van der Waals surface area (Å²) < 4.78 is 38.7. The Hall–Kier alpha value is -5.68. The molecule has 14 nitrogen and oxygen atoms in total. The van der Waals surface area contributed by atoms with Gasteiger partial charge in [-0.15, -0.1) is 0 Å². The molecule has 15 heteroatoms. The van der Waals surface area contributed by atoms with E-state index in [1.807, 2.05) is 55.5 Å². The van der Waals surface area contributed by atoms with E-state index in [9.17, 15) is 34.8 Å². The minimum Gasteiger partial charge on any atom is -0.469 e. The molecule has 1 aliphatic carbocycles. The second-order valence-electron chi connectivity index (χ2n) is 16.2. The van der Waals surface area contributed by atoms with Gasteiger partial charge in [-0.25, -0.2) is 4.79 Å². The van der Waals surface area contributed by atoms with Crippen LogP contribution in [0.3, 0.4) is 0 Å². The maximum Gasteiger partial charge on any atom is 0.500 e. The SMILES string of the molecule is CCC(C)(CC(C)(CC(CC(C)C(=O)OCCO)c1ccc(COC(=O)c2ccc3c(c2)C(=C(C#N)C#N)c2ccccc2-3)cc1)C(=O)OCCC[Si](OC)(OC)OC)C(=O)OC. The Kier molecular flexibility index (Phi) is 17.9. The Balaban J connectivity index is 1.61. The number of fused-ring (bicyclic) bond motifs is 3. The lowest BCUT2D eigenvalue weighted by atomic mass is 9.66. The Morgan fingerprint density at radius 2 is 1.41 bits per heavy atom. The molecule has 336 valence electrons. The molecule has 0 radical (unpaired) electrons. The second kappa shape index (κ2) is 22.6. The third kappa shape index (κ3) is 11.9. The van der Waals surface area contributed by atoms with Crippen molar-refractivity contribution in [3.05, 3.63) is 100 Å². The van der Waals surface area contributed by atoms with Gasteiger partial charge in [0, 0.05) is 32.9 Å². The molecule has 0 spiro atoms. The zero-order valence-corrected chi connectivity index (χ0v) is 38.4. The minimum absolute atomic E-state index is 0.0417. The molecular weight excluding hydrogens is 825 g/mol. The molecule has 0 aromatic heterocycles. The predicted octanol–water partition coefficient (Wildman–Crippen LogP) is 7.71. The van der Waals surface area contributed by atoms with Crippen LogP contribution >= 0.6 is 0 Å². The average Bonchev–Trinajstić information content (AvgIpc) is 3.63. The van der Waals surface area contributed by atoms with Gasteiger partial charge in [-0.05, 0) is 97.4 Å². The number of aliphatic hydroxyl groups excluding tert-OH is 1. The van der Waals surface area contributed by atoms with E-state index in [-0.39, 0.29) is 56.8 Å². The van der Waals surface area contributed by atoms with Crippen LogP contribution in [0.2, 0.25) is 6.04 Å². The van der Waals surface area contributed by atoms with Crippen molar-refractivity contribution in [2.24, 2.45) is 16.7 Å². The Morgan fingerprint density at radius 3 is 2.00 bits per heavy atom. The Morgan fingerprint density at radius 1 is 0.778 bits per heavy atom. The summed E-state index contributed by atoms with van der Waals surface area (Å²) >= 11 is 0. The van der Waals surface area contributed by atoms with Gasteiger partial charge >= 0.3 is 32.7 Å². The van der Waals surface area contributed by atoms with E-state index >= 15 is 0 Å². The van der Waals surface area contributed by atoms with Gasteiger partial charge < -0.3 is 37.3 Å². The summed E-state index contributed by atoms with van der Waals surface area (Å²) in [5, 5.41) is 28.7. The summed E-state index contributed by atoms with van der Waals surface area (Å²) in [7, 11) is 2.91.